The average Bonchev–Trinajstić information content (AvgIpc) is 2.95. The highest BCUT2D eigenvalue weighted by Crippen LogP contribution is 2.37. The van der Waals surface area contributed by atoms with Gasteiger partial charge in [-0.3, -0.25) is 15.0 Å². The SMILES string of the molecule is COc1ccc(C(=O)NN2C(=O)/C(=C\c3cc(Br)cc(Br)c3OC)SC2=S)cc1. The summed E-state index contributed by atoms with van der Waals surface area (Å²) in [5.41, 5.74) is 3.62. The highest BCUT2D eigenvalue weighted by atomic mass is 79.9. The van der Waals surface area contributed by atoms with E-state index >= 15 is 0 Å². The minimum atomic E-state index is -0.451. The number of benzene rings is 2. The third-order valence-corrected chi connectivity index (χ3v) is 6.24. The van der Waals surface area contributed by atoms with Crippen molar-refractivity contribution in [2.24, 2.45) is 0 Å². The van der Waals surface area contributed by atoms with E-state index in [9.17, 15) is 9.59 Å². The van der Waals surface area contributed by atoms with Crippen molar-refractivity contribution in [3.63, 3.8) is 0 Å². The molecule has 2 amide bonds. The Labute approximate surface area is 193 Å². The molecule has 29 heavy (non-hydrogen) atoms. The lowest BCUT2D eigenvalue weighted by Crippen LogP contribution is -2.44. The Morgan fingerprint density at radius 2 is 1.86 bits per heavy atom. The van der Waals surface area contributed by atoms with Gasteiger partial charge < -0.3 is 9.47 Å². The Balaban J connectivity index is 1.82. The Hall–Kier alpha value is -1.88. The molecule has 150 valence electrons. The number of nitrogens with zero attached hydrogens (tertiary/aromatic N) is 1. The maximum absolute atomic E-state index is 12.8. The van der Waals surface area contributed by atoms with Crippen LogP contribution in [0.3, 0.4) is 0 Å². The molecule has 2 aromatic rings. The molecule has 0 atom stereocenters. The first-order chi connectivity index (χ1) is 13.8. The highest BCUT2D eigenvalue weighted by Gasteiger charge is 2.34. The van der Waals surface area contributed by atoms with Crippen molar-refractivity contribution in [1.82, 2.24) is 10.4 Å². The van der Waals surface area contributed by atoms with Gasteiger partial charge in [0.05, 0.1) is 23.6 Å². The second kappa shape index (κ2) is 9.29. The van der Waals surface area contributed by atoms with Gasteiger partial charge in [-0.2, -0.15) is 5.01 Å². The molecule has 3 rings (SSSR count). The number of carbonyl (C=O) groups is 2. The number of methoxy groups -OCH3 is 2. The Kier molecular flexibility index (Phi) is 6.99. The molecule has 0 aromatic heterocycles. The maximum Gasteiger partial charge on any atom is 0.285 e. The first kappa shape index (κ1) is 21.8. The van der Waals surface area contributed by atoms with Crippen LogP contribution in [0.25, 0.3) is 6.08 Å². The molecule has 6 nitrogen and oxygen atoms in total. The van der Waals surface area contributed by atoms with E-state index in [1.54, 1.807) is 44.6 Å². The van der Waals surface area contributed by atoms with E-state index < -0.39 is 11.8 Å². The number of hydrogen-bond donors (Lipinski definition) is 1. The average molecular weight is 558 g/mol. The van der Waals surface area contributed by atoms with Crippen molar-refractivity contribution < 1.29 is 19.1 Å². The molecule has 10 heteroatoms. The zero-order valence-electron chi connectivity index (χ0n) is 15.2. The van der Waals surface area contributed by atoms with Gasteiger partial charge in [0.15, 0.2) is 4.32 Å². The third-order valence-electron chi connectivity index (χ3n) is 3.89. The van der Waals surface area contributed by atoms with Crippen LogP contribution in [0.15, 0.2) is 50.2 Å². The number of ether oxygens (including phenoxy) is 2. The summed E-state index contributed by atoms with van der Waals surface area (Å²) in [6.45, 7) is 0. The molecular weight excluding hydrogens is 544 g/mol. The van der Waals surface area contributed by atoms with Gasteiger partial charge in [0, 0.05) is 15.6 Å². The predicted molar refractivity (Wildman–Crippen MR) is 124 cm³/mol. The predicted octanol–water partition coefficient (Wildman–Crippen LogP) is 4.78. The number of hydrazine groups is 1. The lowest BCUT2D eigenvalue weighted by atomic mass is 10.2. The fourth-order valence-electron chi connectivity index (χ4n) is 2.52. The molecule has 0 bridgehead atoms. The van der Waals surface area contributed by atoms with Gasteiger partial charge in [-0.15, -0.1) is 0 Å². The van der Waals surface area contributed by atoms with Crippen LogP contribution in [0, 0.1) is 0 Å². The number of halogens is 2. The normalized spacial score (nSPS) is 15.0. The van der Waals surface area contributed by atoms with Crippen LogP contribution in [0.5, 0.6) is 11.5 Å². The molecule has 0 radical (unpaired) electrons. The summed E-state index contributed by atoms with van der Waals surface area (Å²) in [6, 6.07) is 10.2. The molecule has 1 fully saturated rings. The first-order valence-corrected chi connectivity index (χ1v) is 10.9. The Morgan fingerprint density at radius 1 is 1.17 bits per heavy atom. The summed E-state index contributed by atoms with van der Waals surface area (Å²) in [4.78, 5) is 25.7. The van der Waals surface area contributed by atoms with Crippen LogP contribution in [0.2, 0.25) is 0 Å². The van der Waals surface area contributed by atoms with Crippen LogP contribution in [-0.4, -0.2) is 35.4 Å². The molecule has 1 aliphatic heterocycles. The van der Waals surface area contributed by atoms with Crippen molar-refractivity contribution in [3.8, 4) is 11.5 Å². The number of carbonyl (C=O) groups excluding carboxylic acids is 2. The van der Waals surface area contributed by atoms with E-state index in [0.717, 1.165) is 25.7 Å². The van der Waals surface area contributed by atoms with Crippen LogP contribution in [-0.2, 0) is 4.79 Å². The van der Waals surface area contributed by atoms with Crippen molar-refractivity contribution in [2.75, 3.05) is 14.2 Å². The summed E-state index contributed by atoms with van der Waals surface area (Å²) >= 11 is 13.2. The van der Waals surface area contributed by atoms with Gasteiger partial charge in [0.25, 0.3) is 11.8 Å². The number of thiocarbonyl (C=S) groups is 1. The first-order valence-electron chi connectivity index (χ1n) is 8.10. The number of amides is 2. The van der Waals surface area contributed by atoms with Gasteiger partial charge in [-0.1, -0.05) is 27.7 Å². The van der Waals surface area contributed by atoms with Crippen LogP contribution in [0.1, 0.15) is 15.9 Å². The van der Waals surface area contributed by atoms with E-state index in [2.05, 4.69) is 37.3 Å². The monoisotopic (exact) mass is 556 g/mol. The summed E-state index contributed by atoms with van der Waals surface area (Å²) in [6.07, 6.45) is 1.67. The summed E-state index contributed by atoms with van der Waals surface area (Å²) in [7, 11) is 3.09. The molecule has 1 saturated heterocycles. The Morgan fingerprint density at radius 3 is 2.48 bits per heavy atom. The largest absolute Gasteiger partial charge is 0.497 e. The number of nitrogens with one attached hydrogen (secondary N) is 1. The molecule has 1 heterocycles. The minimum absolute atomic E-state index is 0.233. The maximum atomic E-state index is 12.8. The standard InChI is InChI=1S/C19H14Br2N2O4S2/c1-26-13-5-3-10(4-6-13)17(24)22-23-18(25)15(29-19(23)28)8-11-7-12(20)9-14(21)16(11)27-2/h3-9H,1-2H3,(H,22,24)/b15-8+. The van der Waals surface area contributed by atoms with Crippen molar-refractivity contribution in [1.29, 1.82) is 0 Å². The summed E-state index contributed by atoms with van der Waals surface area (Å²) in [5, 5.41) is 1.07. The van der Waals surface area contributed by atoms with Crippen LogP contribution >= 0.6 is 55.8 Å². The third kappa shape index (κ3) is 4.82. The van der Waals surface area contributed by atoms with Gasteiger partial charge >= 0.3 is 0 Å². The Bertz CT molecular complexity index is 1030. The zero-order chi connectivity index (χ0) is 21.1. The van der Waals surface area contributed by atoms with Gasteiger partial charge in [-0.25, -0.2) is 0 Å². The molecule has 0 aliphatic carbocycles. The lowest BCUT2D eigenvalue weighted by molar-refractivity contribution is -0.123. The molecule has 0 spiro atoms. The molecular formula is C19H14Br2N2O4S2. The van der Waals surface area contributed by atoms with E-state index in [-0.39, 0.29) is 4.32 Å². The van der Waals surface area contributed by atoms with E-state index in [4.69, 9.17) is 21.7 Å². The molecule has 1 aliphatic rings. The van der Waals surface area contributed by atoms with Gasteiger partial charge in [0.1, 0.15) is 11.5 Å². The van der Waals surface area contributed by atoms with Gasteiger partial charge in [-0.05, 0) is 70.6 Å². The smallest absolute Gasteiger partial charge is 0.285 e. The zero-order valence-corrected chi connectivity index (χ0v) is 20.0. The molecule has 0 saturated carbocycles. The van der Waals surface area contributed by atoms with Crippen molar-refractivity contribution in [3.05, 3.63) is 61.4 Å². The number of hydrogen-bond acceptors (Lipinski definition) is 6. The van der Waals surface area contributed by atoms with Gasteiger partial charge in [0.2, 0.25) is 0 Å². The molecule has 1 N–H and O–H groups in total. The minimum Gasteiger partial charge on any atom is -0.497 e. The second-order valence-electron chi connectivity index (χ2n) is 5.70. The topological polar surface area (TPSA) is 67.9 Å². The van der Waals surface area contributed by atoms with Crippen LogP contribution in [0.4, 0.5) is 0 Å². The van der Waals surface area contributed by atoms with Crippen molar-refractivity contribution in [2.45, 2.75) is 0 Å². The van der Waals surface area contributed by atoms with Crippen molar-refractivity contribution >= 4 is 78.1 Å². The second-order valence-corrected chi connectivity index (χ2v) is 9.14. The highest BCUT2D eigenvalue weighted by molar-refractivity contribution is 9.11. The molecule has 0 unspecified atom stereocenters. The number of rotatable bonds is 5. The van der Waals surface area contributed by atoms with E-state index in [1.807, 2.05) is 12.1 Å². The lowest BCUT2D eigenvalue weighted by Gasteiger charge is -2.15. The fraction of sp³-hybridized carbons (Fsp3) is 0.105. The van der Waals surface area contributed by atoms with E-state index in [0.29, 0.717) is 27.5 Å². The summed E-state index contributed by atoms with van der Waals surface area (Å²) < 4.78 is 12.3. The quantitative estimate of drug-likeness (QED) is 0.422. The number of thioether (sulfide) groups is 1. The molecule has 2 aromatic carbocycles. The van der Waals surface area contributed by atoms with Crippen LogP contribution < -0.4 is 14.9 Å². The summed E-state index contributed by atoms with van der Waals surface area (Å²) in [5.74, 6) is 0.345. The van der Waals surface area contributed by atoms with E-state index in [1.165, 1.54) is 0 Å². The fourth-order valence-corrected chi connectivity index (χ4v) is 5.11.